The van der Waals surface area contributed by atoms with Crippen molar-refractivity contribution in [2.75, 3.05) is 26.7 Å². The molecule has 2 aromatic rings. The van der Waals surface area contributed by atoms with E-state index in [2.05, 4.69) is 61.5 Å². The van der Waals surface area contributed by atoms with Gasteiger partial charge < -0.3 is 10.6 Å². The number of hydrogen-bond donors (Lipinski definition) is 2. The predicted octanol–water partition coefficient (Wildman–Crippen LogP) is 5.72. The highest BCUT2D eigenvalue weighted by Gasteiger charge is 2.34. The fourth-order valence-corrected chi connectivity index (χ4v) is 5.71. The van der Waals surface area contributed by atoms with Gasteiger partial charge in [-0.2, -0.15) is 0 Å². The molecule has 1 aliphatic heterocycles. The molecule has 1 saturated heterocycles. The number of nitrogens with one attached hydrogen (secondary N) is 2. The Bertz CT molecular complexity index is 805. The van der Waals surface area contributed by atoms with Crippen LogP contribution in [0.4, 0.5) is 0 Å². The molecule has 1 fully saturated rings. The monoisotopic (exact) mass is 527 g/mol. The number of aromatic nitrogens is 1. The van der Waals surface area contributed by atoms with Crippen LogP contribution in [0.5, 0.6) is 0 Å². The van der Waals surface area contributed by atoms with Crippen LogP contribution in [0.15, 0.2) is 33.3 Å². The van der Waals surface area contributed by atoms with Gasteiger partial charge in [0.1, 0.15) is 0 Å². The Balaban J connectivity index is 0.000000516. The third kappa shape index (κ3) is 5.17. The van der Waals surface area contributed by atoms with Gasteiger partial charge >= 0.3 is 0 Å². The Kier molecular flexibility index (Phi) is 8.36. The second-order valence-electron chi connectivity index (χ2n) is 7.43. The first-order valence-corrected chi connectivity index (χ1v) is 12.0. The highest BCUT2D eigenvalue weighted by Crippen LogP contribution is 2.45. The van der Waals surface area contributed by atoms with Gasteiger partial charge in [-0.05, 0) is 109 Å². The standard InChI is InChI=1S/C19H19Br2ClN2.C3H9N/c20-14-7-13-2-1-12-8-15(22)9-16(21)17(12)18(19(13)24-10-14)11-3-5-23-6-4-11;1-3-4-2/h7-11,18,23H,1-6H2;4H,3H2,1-2H3. The van der Waals surface area contributed by atoms with Crippen LogP contribution < -0.4 is 10.6 Å². The van der Waals surface area contributed by atoms with Gasteiger partial charge in [0, 0.05) is 26.1 Å². The molecule has 0 spiro atoms. The molecule has 0 saturated carbocycles. The minimum atomic E-state index is 0.347. The first kappa shape index (κ1) is 22.2. The Labute approximate surface area is 190 Å². The minimum Gasteiger partial charge on any atom is -0.320 e. The molecule has 1 aliphatic carbocycles. The third-order valence-corrected chi connectivity index (χ3v) is 6.93. The van der Waals surface area contributed by atoms with E-state index >= 15 is 0 Å². The molecule has 6 heteroatoms. The number of fused-ring (bicyclic) bond motifs is 2. The van der Waals surface area contributed by atoms with E-state index in [0.29, 0.717) is 11.8 Å². The summed E-state index contributed by atoms with van der Waals surface area (Å²) in [6, 6.07) is 6.44. The molecule has 2 N–H and O–H groups in total. The number of rotatable bonds is 2. The normalized spacial score (nSPS) is 19.1. The van der Waals surface area contributed by atoms with E-state index < -0.39 is 0 Å². The second-order valence-corrected chi connectivity index (χ2v) is 9.64. The highest BCUT2D eigenvalue weighted by molar-refractivity contribution is 9.10. The Morgan fingerprint density at radius 1 is 1.14 bits per heavy atom. The van der Waals surface area contributed by atoms with Gasteiger partial charge in [-0.25, -0.2) is 0 Å². The summed E-state index contributed by atoms with van der Waals surface area (Å²) in [6.07, 6.45) is 6.36. The Morgan fingerprint density at radius 3 is 2.50 bits per heavy atom. The van der Waals surface area contributed by atoms with E-state index in [1.54, 1.807) is 0 Å². The summed E-state index contributed by atoms with van der Waals surface area (Å²) in [5.41, 5.74) is 5.39. The number of hydrogen-bond acceptors (Lipinski definition) is 3. The van der Waals surface area contributed by atoms with Crippen LogP contribution in [-0.4, -0.2) is 31.7 Å². The van der Waals surface area contributed by atoms with Crippen molar-refractivity contribution >= 4 is 43.5 Å². The summed E-state index contributed by atoms with van der Waals surface area (Å²) >= 11 is 13.7. The van der Waals surface area contributed by atoms with Crippen molar-refractivity contribution in [3.63, 3.8) is 0 Å². The number of pyridine rings is 1. The van der Waals surface area contributed by atoms with Crippen LogP contribution in [0.2, 0.25) is 5.02 Å². The fourth-order valence-electron chi connectivity index (χ4n) is 4.21. The summed E-state index contributed by atoms with van der Waals surface area (Å²) in [7, 11) is 1.93. The average molecular weight is 530 g/mol. The SMILES string of the molecule is CCNC.Clc1cc(Br)c2c(c1)CCc1cc(Br)cnc1C2C1CCNCC1. The topological polar surface area (TPSA) is 37.0 Å². The lowest BCUT2D eigenvalue weighted by Gasteiger charge is -2.32. The molecule has 0 amide bonds. The number of piperidine rings is 1. The molecule has 0 bridgehead atoms. The van der Waals surface area contributed by atoms with Gasteiger partial charge in [0.05, 0.1) is 5.69 Å². The molecule has 4 rings (SSSR count). The van der Waals surface area contributed by atoms with E-state index in [9.17, 15) is 0 Å². The fraction of sp³-hybridized carbons (Fsp3) is 0.500. The smallest absolute Gasteiger partial charge is 0.0514 e. The van der Waals surface area contributed by atoms with Crippen LogP contribution in [0, 0.1) is 5.92 Å². The Hall–Kier alpha value is -0.460. The van der Waals surface area contributed by atoms with Gasteiger partial charge in [0.2, 0.25) is 0 Å². The highest BCUT2D eigenvalue weighted by atomic mass is 79.9. The summed E-state index contributed by atoms with van der Waals surface area (Å²) in [6.45, 7) is 5.32. The van der Waals surface area contributed by atoms with Gasteiger partial charge in [-0.1, -0.05) is 34.5 Å². The zero-order valence-corrected chi connectivity index (χ0v) is 20.4. The number of halogens is 3. The molecule has 1 aromatic heterocycles. The van der Waals surface area contributed by atoms with E-state index in [1.807, 2.05) is 19.3 Å². The largest absolute Gasteiger partial charge is 0.320 e. The van der Waals surface area contributed by atoms with Crippen LogP contribution in [0.25, 0.3) is 0 Å². The molecule has 1 unspecified atom stereocenters. The second kappa shape index (κ2) is 10.5. The lowest BCUT2D eigenvalue weighted by atomic mass is 9.77. The summed E-state index contributed by atoms with van der Waals surface area (Å²) < 4.78 is 2.19. The van der Waals surface area contributed by atoms with Crippen molar-refractivity contribution in [1.82, 2.24) is 15.6 Å². The lowest BCUT2D eigenvalue weighted by Crippen LogP contribution is -2.32. The summed E-state index contributed by atoms with van der Waals surface area (Å²) in [5, 5.41) is 7.23. The number of nitrogens with zero attached hydrogens (tertiary/aromatic N) is 1. The van der Waals surface area contributed by atoms with Crippen molar-refractivity contribution in [3.05, 3.63) is 60.7 Å². The molecule has 2 heterocycles. The van der Waals surface area contributed by atoms with Crippen molar-refractivity contribution in [3.8, 4) is 0 Å². The zero-order chi connectivity index (χ0) is 20.1. The summed E-state index contributed by atoms with van der Waals surface area (Å²) in [5.74, 6) is 0.965. The maximum absolute atomic E-state index is 6.34. The first-order valence-electron chi connectivity index (χ1n) is 10.0. The number of benzene rings is 1. The lowest BCUT2D eigenvalue weighted by molar-refractivity contribution is 0.338. The third-order valence-electron chi connectivity index (χ3n) is 5.63. The minimum absolute atomic E-state index is 0.347. The molecule has 152 valence electrons. The molecule has 28 heavy (non-hydrogen) atoms. The maximum Gasteiger partial charge on any atom is 0.0514 e. The van der Waals surface area contributed by atoms with Crippen LogP contribution >= 0.6 is 43.5 Å². The van der Waals surface area contributed by atoms with Crippen molar-refractivity contribution < 1.29 is 0 Å². The van der Waals surface area contributed by atoms with Crippen molar-refractivity contribution in [2.24, 2.45) is 5.92 Å². The quantitative estimate of drug-likeness (QED) is 0.523. The predicted molar refractivity (Wildman–Crippen MR) is 126 cm³/mol. The Morgan fingerprint density at radius 2 is 1.82 bits per heavy atom. The van der Waals surface area contributed by atoms with Crippen molar-refractivity contribution in [2.45, 2.75) is 38.5 Å². The average Bonchev–Trinajstić information content (AvgIpc) is 2.85. The zero-order valence-electron chi connectivity index (χ0n) is 16.5. The summed E-state index contributed by atoms with van der Waals surface area (Å²) in [4.78, 5) is 4.88. The first-order chi connectivity index (χ1) is 13.5. The molecular weight excluding hydrogens is 502 g/mol. The van der Waals surface area contributed by atoms with Crippen LogP contribution in [0.3, 0.4) is 0 Å². The molecule has 3 nitrogen and oxygen atoms in total. The van der Waals surface area contributed by atoms with Crippen molar-refractivity contribution in [1.29, 1.82) is 0 Å². The van der Waals surface area contributed by atoms with Gasteiger partial charge in [0.25, 0.3) is 0 Å². The maximum atomic E-state index is 6.34. The molecule has 0 radical (unpaired) electrons. The molecule has 1 aromatic carbocycles. The number of aryl methyl sites for hydroxylation is 2. The van der Waals surface area contributed by atoms with E-state index in [-0.39, 0.29) is 0 Å². The molecule has 1 atom stereocenters. The van der Waals surface area contributed by atoms with E-state index in [0.717, 1.165) is 46.4 Å². The van der Waals surface area contributed by atoms with Crippen LogP contribution in [-0.2, 0) is 12.8 Å². The van der Waals surface area contributed by atoms with E-state index in [4.69, 9.17) is 16.6 Å². The molecule has 2 aliphatic rings. The molecular formula is C22H28Br2ClN3. The van der Waals surface area contributed by atoms with E-state index in [1.165, 1.54) is 35.2 Å². The van der Waals surface area contributed by atoms with Gasteiger partial charge in [-0.3, -0.25) is 4.98 Å². The van der Waals surface area contributed by atoms with Gasteiger partial charge in [-0.15, -0.1) is 0 Å². The van der Waals surface area contributed by atoms with Gasteiger partial charge in [0.15, 0.2) is 0 Å². The van der Waals surface area contributed by atoms with Crippen LogP contribution in [0.1, 0.15) is 48.1 Å².